The van der Waals surface area contributed by atoms with Crippen LogP contribution < -0.4 is 5.73 Å². The Morgan fingerprint density at radius 3 is 2.65 bits per heavy atom. The van der Waals surface area contributed by atoms with Crippen LogP contribution in [-0.4, -0.2) is 35.1 Å². The lowest BCUT2D eigenvalue weighted by molar-refractivity contribution is 0.294. The number of para-hydroxylation sites is 1. The van der Waals surface area contributed by atoms with Crippen molar-refractivity contribution in [2.24, 2.45) is 5.92 Å². The molecular weight excluding hydrogens is 272 g/mol. The smallest absolute Gasteiger partial charge is 0.201 e. The number of aromatic nitrogens is 2. The van der Waals surface area contributed by atoms with Crippen LogP contribution in [0.5, 0.6) is 0 Å². The van der Waals surface area contributed by atoms with E-state index in [4.69, 9.17) is 17.3 Å². The van der Waals surface area contributed by atoms with Crippen molar-refractivity contribution in [3.05, 3.63) is 23.2 Å². The van der Waals surface area contributed by atoms with Gasteiger partial charge in [0.05, 0.1) is 22.1 Å². The zero-order valence-electron chi connectivity index (χ0n) is 12.6. The van der Waals surface area contributed by atoms with Crippen LogP contribution in [0, 0.1) is 5.92 Å². The summed E-state index contributed by atoms with van der Waals surface area (Å²) in [5.41, 5.74) is 7.96. The molecule has 5 heteroatoms. The number of rotatable bonds is 5. The zero-order chi connectivity index (χ0) is 14.9. The first-order valence-electron chi connectivity index (χ1n) is 6.96. The molecule has 2 aromatic rings. The van der Waals surface area contributed by atoms with Crippen molar-refractivity contribution < 1.29 is 0 Å². The number of likely N-dealkylation sites (N-methyl/N-ethyl adjacent to an activating group) is 1. The highest BCUT2D eigenvalue weighted by molar-refractivity contribution is 6.35. The lowest BCUT2D eigenvalue weighted by Gasteiger charge is -2.25. The molecular formula is C15H23ClN4. The number of fused-ring (bicyclic) bond motifs is 1. The van der Waals surface area contributed by atoms with E-state index in [9.17, 15) is 0 Å². The third-order valence-corrected chi connectivity index (χ3v) is 3.68. The first-order valence-corrected chi connectivity index (χ1v) is 7.34. The quantitative estimate of drug-likeness (QED) is 0.919. The fraction of sp³-hybridized carbons (Fsp3) is 0.533. The maximum absolute atomic E-state index is 6.36. The van der Waals surface area contributed by atoms with Crippen LogP contribution in [-0.2, 0) is 0 Å². The molecule has 2 rings (SSSR count). The van der Waals surface area contributed by atoms with E-state index >= 15 is 0 Å². The fourth-order valence-electron chi connectivity index (χ4n) is 2.72. The topological polar surface area (TPSA) is 47.1 Å². The zero-order valence-corrected chi connectivity index (χ0v) is 13.4. The average molecular weight is 295 g/mol. The molecule has 1 heterocycles. The molecule has 4 nitrogen and oxygen atoms in total. The van der Waals surface area contributed by atoms with Gasteiger partial charge in [0, 0.05) is 6.54 Å². The van der Waals surface area contributed by atoms with E-state index in [1.807, 2.05) is 18.2 Å². The average Bonchev–Trinajstić information content (AvgIpc) is 2.64. The predicted octanol–water partition coefficient (Wildman–Crippen LogP) is 3.42. The van der Waals surface area contributed by atoms with E-state index in [0.717, 1.165) is 24.0 Å². The van der Waals surface area contributed by atoms with Crippen LogP contribution >= 0.6 is 11.6 Å². The Hall–Kier alpha value is -1.26. The molecule has 0 aliphatic rings. The summed E-state index contributed by atoms with van der Waals surface area (Å²) in [5.74, 6) is 1.12. The monoisotopic (exact) mass is 294 g/mol. The Labute approximate surface area is 125 Å². The molecule has 0 saturated heterocycles. The molecule has 0 aliphatic heterocycles. The van der Waals surface area contributed by atoms with Gasteiger partial charge in [-0.1, -0.05) is 31.5 Å². The molecule has 1 unspecified atom stereocenters. The van der Waals surface area contributed by atoms with Gasteiger partial charge in [-0.3, -0.25) is 0 Å². The van der Waals surface area contributed by atoms with Gasteiger partial charge in [0.1, 0.15) is 0 Å². The standard InChI is InChI=1S/C15H23ClN4/c1-10(2)8-11(9-19(3)4)20-14-12(16)6-5-7-13(14)18-15(20)17/h5-7,10-11H,8-9H2,1-4H3,(H2,17,18). The van der Waals surface area contributed by atoms with Crippen molar-refractivity contribution in [2.45, 2.75) is 26.3 Å². The van der Waals surface area contributed by atoms with Crippen LogP contribution in [0.4, 0.5) is 5.95 Å². The Balaban J connectivity index is 2.54. The highest BCUT2D eigenvalue weighted by atomic mass is 35.5. The van der Waals surface area contributed by atoms with Gasteiger partial charge in [0.25, 0.3) is 0 Å². The number of benzene rings is 1. The van der Waals surface area contributed by atoms with E-state index in [-0.39, 0.29) is 6.04 Å². The van der Waals surface area contributed by atoms with Crippen LogP contribution in [0.25, 0.3) is 11.0 Å². The molecule has 20 heavy (non-hydrogen) atoms. The van der Waals surface area contributed by atoms with E-state index in [0.29, 0.717) is 16.9 Å². The molecule has 0 aliphatic carbocycles. The van der Waals surface area contributed by atoms with Gasteiger partial charge in [0.15, 0.2) is 0 Å². The van der Waals surface area contributed by atoms with Crippen LogP contribution in [0.2, 0.25) is 5.02 Å². The van der Waals surface area contributed by atoms with E-state index in [2.05, 4.69) is 42.4 Å². The lowest BCUT2D eigenvalue weighted by Crippen LogP contribution is -2.26. The number of nitrogens with zero attached hydrogens (tertiary/aromatic N) is 3. The number of imidazole rings is 1. The molecule has 1 aromatic carbocycles. The largest absolute Gasteiger partial charge is 0.369 e. The summed E-state index contributed by atoms with van der Waals surface area (Å²) in [6.07, 6.45) is 1.04. The van der Waals surface area contributed by atoms with Gasteiger partial charge >= 0.3 is 0 Å². The normalized spacial score (nSPS) is 13.6. The van der Waals surface area contributed by atoms with Gasteiger partial charge in [-0.15, -0.1) is 0 Å². The van der Waals surface area contributed by atoms with Crippen LogP contribution in [0.1, 0.15) is 26.3 Å². The molecule has 0 saturated carbocycles. The van der Waals surface area contributed by atoms with Crippen molar-refractivity contribution in [1.29, 1.82) is 0 Å². The molecule has 0 radical (unpaired) electrons. The molecule has 0 spiro atoms. The fourth-order valence-corrected chi connectivity index (χ4v) is 2.98. The molecule has 0 amide bonds. The molecule has 0 bridgehead atoms. The van der Waals surface area contributed by atoms with Gasteiger partial charge in [-0.05, 0) is 38.6 Å². The maximum Gasteiger partial charge on any atom is 0.201 e. The van der Waals surface area contributed by atoms with E-state index in [1.54, 1.807) is 0 Å². The van der Waals surface area contributed by atoms with Gasteiger partial charge in [-0.2, -0.15) is 0 Å². The minimum Gasteiger partial charge on any atom is -0.369 e. The van der Waals surface area contributed by atoms with Crippen LogP contribution in [0.15, 0.2) is 18.2 Å². The van der Waals surface area contributed by atoms with Crippen molar-refractivity contribution >= 4 is 28.6 Å². The molecule has 2 N–H and O–H groups in total. The summed E-state index contributed by atoms with van der Waals surface area (Å²) in [4.78, 5) is 6.62. The summed E-state index contributed by atoms with van der Waals surface area (Å²) < 4.78 is 2.09. The SMILES string of the molecule is CC(C)CC(CN(C)C)n1c(N)nc2cccc(Cl)c21. The highest BCUT2D eigenvalue weighted by Crippen LogP contribution is 2.31. The molecule has 1 aromatic heterocycles. The third kappa shape index (κ3) is 3.07. The summed E-state index contributed by atoms with van der Waals surface area (Å²) in [5, 5.41) is 0.708. The first-order chi connectivity index (χ1) is 9.40. The van der Waals surface area contributed by atoms with E-state index < -0.39 is 0 Å². The second kappa shape index (κ2) is 6.02. The molecule has 1 atom stereocenters. The summed E-state index contributed by atoms with van der Waals surface area (Å²) >= 11 is 6.36. The van der Waals surface area contributed by atoms with Gasteiger partial charge in [-0.25, -0.2) is 4.98 Å². The number of nitrogens with two attached hydrogens (primary N) is 1. The third-order valence-electron chi connectivity index (χ3n) is 3.37. The van der Waals surface area contributed by atoms with Crippen molar-refractivity contribution in [3.8, 4) is 0 Å². The number of nitrogen functional groups attached to an aromatic ring is 1. The van der Waals surface area contributed by atoms with Crippen molar-refractivity contribution in [1.82, 2.24) is 14.5 Å². The minimum absolute atomic E-state index is 0.273. The second-order valence-corrected chi connectivity index (χ2v) is 6.40. The van der Waals surface area contributed by atoms with Crippen LogP contribution in [0.3, 0.4) is 0 Å². The van der Waals surface area contributed by atoms with E-state index in [1.165, 1.54) is 0 Å². The summed E-state index contributed by atoms with van der Waals surface area (Å²) in [7, 11) is 4.15. The maximum atomic E-state index is 6.36. The minimum atomic E-state index is 0.273. The number of anilines is 1. The second-order valence-electron chi connectivity index (χ2n) is 5.99. The van der Waals surface area contributed by atoms with Crippen molar-refractivity contribution in [2.75, 3.05) is 26.4 Å². The molecule has 0 fully saturated rings. The number of hydrogen-bond donors (Lipinski definition) is 1. The molecule has 110 valence electrons. The first kappa shape index (κ1) is 15.1. The number of halogens is 1. The Morgan fingerprint density at radius 1 is 1.35 bits per heavy atom. The summed E-state index contributed by atoms with van der Waals surface area (Å²) in [6, 6.07) is 6.03. The number of hydrogen-bond acceptors (Lipinski definition) is 3. The Bertz CT molecular complexity index is 579. The Morgan fingerprint density at radius 2 is 2.05 bits per heavy atom. The van der Waals surface area contributed by atoms with Gasteiger partial charge in [0.2, 0.25) is 5.95 Å². The Kier molecular flexibility index (Phi) is 4.55. The summed E-state index contributed by atoms with van der Waals surface area (Å²) in [6.45, 7) is 5.36. The van der Waals surface area contributed by atoms with Crippen molar-refractivity contribution in [3.63, 3.8) is 0 Å². The van der Waals surface area contributed by atoms with Gasteiger partial charge < -0.3 is 15.2 Å². The highest BCUT2D eigenvalue weighted by Gasteiger charge is 2.21. The predicted molar refractivity (Wildman–Crippen MR) is 86.2 cm³/mol. The lowest BCUT2D eigenvalue weighted by atomic mass is 10.0.